The zero-order valence-electron chi connectivity index (χ0n) is 14.6. The van der Waals surface area contributed by atoms with E-state index in [0.29, 0.717) is 23.1 Å². The SMILES string of the molecule is O=C(COc1ccc2c(c1)OCO2)NCCn1nc(-n2cncn2)ccc1=O. The third-order valence-electron chi connectivity index (χ3n) is 3.87. The lowest BCUT2D eigenvalue weighted by molar-refractivity contribution is -0.123. The van der Waals surface area contributed by atoms with Crippen LogP contribution in [-0.4, -0.2) is 50.4 Å². The molecule has 0 saturated heterocycles. The summed E-state index contributed by atoms with van der Waals surface area (Å²) in [5.41, 5.74) is -0.283. The van der Waals surface area contributed by atoms with E-state index < -0.39 is 0 Å². The van der Waals surface area contributed by atoms with Crippen molar-refractivity contribution in [3.63, 3.8) is 0 Å². The van der Waals surface area contributed by atoms with E-state index in [0.717, 1.165) is 0 Å². The number of aromatic nitrogens is 5. The van der Waals surface area contributed by atoms with E-state index in [1.807, 2.05) is 0 Å². The number of hydrogen-bond acceptors (Lipinski definition) is 8. The van der Waals surface area contributed by atoms with Crippen molar-refractivity contribution >= 4 is 5.91 Å². The highest BCUT2D eigenvalue weighted by molar-refractivity contribution is 5.77. The molecule has 1 aliphatic rings. The molecule has 0 unspecified atom stereocenters. The van der Waals surface area contributed by atoms with Crippen molar-refractivity contribution in [3.05, 3.63) is 53.3 Å². The standard InChI is InChI=1S/C17H16N6O5/c24-16(8-26-12-1-2-13-14(7-12)28-11-27-13)19-5-6-22-17(25)4-3-15(21-22)23-10-18-9-20-23/h1-4,7,9-10H,5-6,8,11H2,(H,19,24). The second kappa shape index (κ2) is 7.78. The third kappa shape index (κ3) is 3.92. The smallest absolute Gasteiger partial charge is 0.266 e. The van der Waals surface area contributed by atoms with Crippen molar-refractivity contribution in [2.24, 2.45) is 0 Å². The summed E-state index contributed by atoms with van der Waals surface area (Å²) in [7, 11) is 0. The second-order valence-corrected chi connectivity index (χ2v) is 5.75. The summed E-state index contributed by atoms with van der Waals surface area (Å²) in [5.74, 6) is 1.85. The van der Waals surface area contributed by atoms with Crippen molar-refractivity contribution in [2.45, 2.75) is 6.54 Å². The van der Waals surface area contributed by atoms with Crippen LogP contribution in [0.3, 0.4) is 0 Å². The number of carbonyl (C=O) groups is 1. The van der Waals surface area contributed by atoms with Crippen LogP contribution < -0.4 is 25.1 Å². The molecule has 0 saturated carbocycles. The summed E-state index contributed by atoms with van der Waals surface area (Å²) in [6.07, 6.45) is 2.85. The number of nitrogens with zero attached hydrogens (tertiary/aromatic N) is 5. The van der Waals surface area contributed by atoms with Crippen LogP contribution in [0.1, 0.15) is 0 Å². The first kappa shape index (κ1) is 17.5. The minimum atomic E-state index is -0.321. The molecule has 1 aliphatic heterocycles. The molecule has 0 atom stereocenters. The predicted molar refractivity (Wildman–Crippen MR) is 94.5 cm³/mol. The molecule has 144 valence electrons. The largest absolute Gasteiger partial charge is 0.484 e. The maximum absolute atomic E-state index is 12.0. The van der Waals surface area contributed by atoms with E-state index >= 15 is 0 Å². The fourth-order valence-electron chi connectivity index (χ4n) is 2.51. The Morgan fingerprint density at radius 2 is 2.11 bits per heavy atom. The summed E-state index contributed by atoms with van der Waals surface area (Å²) in [4.78, 5) is 27.7. The Kier molecular flexibility index (Phi) is 4.87. The molecule has 0 spiro atoms. The highest BCUT2D eigenvalue weighted by Crippen LogP contribution is 2.34. The number of nitrogens with one attached hydrogen (secondary N) is 1. The Morgan fingerprint density at radius 1 is 1.21 bits per heavy atom. The molecule has 11 heteroatoms. The van der Waals surface area contributed by atoms with Gasteiger partial charge in [-0.2, -0.15) is 5.10 Å². The number of amides is 1. The average molecular weight is 384 g/mol. The van der Waals surface area contributed by atoms with Crippen molar-refractivity contribution < 1.29 is 19.0 Å². The van der Waals surface area contributed by atoms with Gasteiger partial charge in [0, 0.05) is 18.7 Å². The second-order valence-electron chi connectivity index (χ2n) is 5.75. The number of benzene rings is 1. The average Bonchev–Trinajstić information content (AvgIpc) is 3.39. The fraction of sp³-hybridized carbons (Fsp3) is 0.235. The molecule has 2 aromatic heterocycles. The van der Waals surface area contributed by atoms with Crippen LogP contribution in [-0.2, 0) is 11.3 Å². The first-order chi connectivity index (χ1) is 13.7. The highest BCUT2D eigenvalue weighted by Gasteiger charge is 2.14. The van der Waals surface area contributed by atoms with E-state index in [1.165, 1.54) is 28.1 Å². The lowest BCUT2D eigenvalue weighted by Crippen LogP contribution is -2.34. The van der Waals surface area contributed by atoms with Crippen molar-refractivity contribution in [3.8, 4) is 23.1 Å². The topological polar surface area (TPSA) is 122 Å². The predicted octanol–water partition coefficient (Wildman–Crippen LogP) is -0.252. The summed E-state index contributed by atoms with van der Waals surface area (Å²) >= 11 is 0. The maximum Gasteiger partial charge on any atom is 0.266 e. The maximum atomic E-state index is 12.0. The third-order valence-corrected chi connectivity index (χ3v) is 3.87. The molecule has 1 N–H and O–H groups in total. The van der Waals surface area contributed by atoms with Crippen LogP contribution in [0.4, 0.5) is 0 Å². The van der Waals surface area contributed by atoms with Crippen molar-refractivity contribution in [2.75, 3.05) is 19.9 Å². The first-order valence-electron chi connectivity index (χ1n) is 8.41. The monoisotopic (exact) mass is 384 g/mol. The summed E-state index contributed by atoms with van der Waals surface area (Å²) in [6.45, 7) is 0.430. The summed E-state index contributed by atoms with van der Waals surface area (Å²) < 4.78 is 18.6. The van der Waals surface area contributed by atoms with Gasteiger partial charge in [-0.25, -0.2) is 14.3 Å². The van der Waals surface area contributed by atoms with Gasteiger partial charge in [-0.15, -0.1) is 5.10 Å². The first-order valence-corrected chi connectivity index (χ1v) is 8.41. The molecule has 3 heterocycles. The van der Waals surface area contributed by atoms with Crippen LogP contribution in [0.25, 0.3) is 5.82 Å². The summed E-state index contributed by atoms with van der Waals surface area (Å²) in [5, 5.41) is 10.8. The molecule has 0 aliphatic carbocycles. The number of ether oxygens (including phenoxy) is 3. The van der Waals surface area contributed by atoms with Crippen molar-refractivity contribution in [1.82, 2.24) is 29.9 Å². The van der Waals surface area contributed by atoms with Gasteiger partial charge in [-0.1, -0.05) is 0 Å². The number of hydrogen-bond donors (Lipinski definition) is 1. The van der Waals surface area contributed by atoms with Gasteiger partial charge in [-0.05, 0) is 18.2 Å². The van der Waals surface area contributed by atoms with Gasteiger partial charge in [-0.3, -0.25) is 9.59 Å². The molecule has 1 amide bonds. The van der Waals surface area contributed by atoms with E-state index in [-0.39, 0.29) is 38.0 Å². The number of fused-ring (bicyclic) bond motifs is 1. The number of carbonyl (C=O) groups excluding carboxylic acids is 1. The number of rotatable bonds is 7. The molecule has 11 nitrogen and oxygen atoms in total. The Bertz CT molecular complexity index is 1030. The Hall–Kier alpha value is -3.89. The molecule has 1 aromatic carbocycles. The van der Waals surface area contributed by atoms with Gasteiger partial charge in [0.2, 0.25) is 6.79 Å². The molecule has 0 fully saturated rings. The van der Waals surface area contributed by atoms with Gasteiger partial charge in [0.1, 0.15) is 18.4 Å². The lowest BCUT2D eigenvalue weighted by Gasteiger charge is -2.09. The van der Waals surface area contributed by atoms with Gasteiger partial charge in [0.25, 0.3) is 11.5 Å². The molecular weight excluding hydrogens is 368 g/mol. The highest BCUT2D eigenvalue weighted by atomic mass is 16.7. The fourth-order valence-corrected chi connectivity index (χ4v) is 2.51. The lowest BCUT2D eigenvalue weighted by atomic mass is 10.3. The molecule has 4 rings (SSSR count). The molecular formula is C17H16N6O5. The van der Waals surface area contributed by atoms with E-state index in [4.69, 9.17) is 14.2 Å². The van der Waals surface area contributed by atoms with Crippen LogP contribution >= 0.6 is 0 Å². The molecule has 3 aromatic rings. The summed E-state index contributed by atoms with van der Waals surface area (Å²) in [6, 6.07) is 8.00. The zero-order valence-corrected chi connectivity index (χ0v) is 14.6. The van der Waals surface area contributed by atoms with Gasteiger partial charge in [0.05, 0.1) is 6.54 Å². The molecule has 0 radical (unpaired) electrons. The zero-order chi connectivity index (χ0) is 19.3. The van der Waals surface area contributed by atoms with Crippen LogP contribution in [0.2, 0.25) is 0 Å². The van der Waals surface area contributed by atoms with E-state index in [9.17, 15) is 9.59 Å². The van der Waals surface area contributed by atoms with E-state index in [1.54, 1.807) is 24.3 Å². The molecule has 0 bridgehead atoms. The van der Waals surface area contributed by atoms with Gasteiger partial charge < -0.3 is 19.5 Å². The van der Waals surface area contributed by atoms with Crippen LogP contribution in [0.15, 0.2) is 47.8 Å². The normalized spacial score (nSPS) is 12.0. The van der Waals surface area contributed by atoms with Crippen LogP contribution in [0, 0.1) is 0 Å². The quantitative estimate of drug-likeness (QED) is 0.592. The Morgan fingerprint density at radius 3 is 2.96 bits per heavy atom. The molecule has 28 heavy (non-hydrogen) atoms. The Balaban J connectivity index is 1.27. The van der Waals surface area contributed by atoms with E-state index in [2.05, 4.69) is 20.5 Å². The minimum Gasteiger partial charge on any atom is -0.484 e. The van der Waals surface area contributed by atoms with Crippen LogP contribution in [0.5, 0.6) is 17.2 Å². The van der Waals surface area contributed by atoms with Gasteiger partial charge >= 0.3 is 0 Å². The van der Waals surface area contributed by atoms with Gasteiger partial charge in [0.15, 0.2) is 23.9 Å². The Labute approximate surface area is 158 Å². The minimum absolute atomic E-state index is 0.166. The van der Waals surface area contributed by atoms with Crippen molar-refractivity contribution in [1.29, 1.82) is 0 Å².